The minimum atomic E-state index is 0.136. The molecule has 0 saturated carbocycles. The molecule has 0 fully saturated rings. The van der Waals surface area contributed by atoms with Crippen molar-refractivity contribution in [2.45, 2.75) is 6.92 Å². The molecule has 0 bridgehead atoms. The summed E-state index contributed by atoms with van der Waals surface area (Å²) in [4.78, 5) is 0. The average Bonchev–Trinajstić information content (AvgIpc) is 2.10. The zero-order valence-electron chi connectivity index (χ0n) is 7.42. The normalized spacial score (nSPS) is 9.58. The van der Waals surface area contributed by atoms with Crippen LogP contribution in [-0.2, 0) is 0 Å². The number of hydrogen-bond donors (Lipinski definition) is 1. The Balaban J connectivity index is 3.20. The number of benzene rings is 1. The van der Waals surface area contributed by atoms with Gasteiger partial charge in [0.15, 0.2) is 11.5 Å². The molecule has 0 spiro atoms. The topological polar surface area (TPSA) is 38.7 Å². The van der Waals surface area contributed by atoms with Crippen LogP contribution in [0.1, 0.15) is 5.56 Å². The molecule has 3 heteroatoms. The largest absolute Gasteiger partial charge is 0.504 e. The molecule has 0 aliphatic heterocycles. The fourth-order valence-electron chi connectivity index (χ4n) is 1.04. The Morgan fingerprint density at radius 3 is 2.08 bits per heavy atom. The van der Waals surface area contributed by atoms with Crippen LogP contribution >= 0.6 is 0 Å². The van der Waals surface area contributed by atoms with Gasteiger partial charge in [-0.05, 0) is 19.1 Å². The highest BCUT2D eigenvalue weighted by Crippen LogP contribution is 2.34. The molecule has 66 valence electrons. The van der Waals surface area contributed by atoms with Gasteiger partial charge in [0, 0.05) is 5.56 Å². The van der Waals surface area contributed by atoms with Gasteiger partial charge in [0.05, 0.1) is 14.2 Å². The zero-order chi connectivity index (χ0) is 9.14. The van der Waals surface area contributed by atoms with E-state index in [1.807, 2.05) is 0 Å². The third-order valence-corrected chi connectivity index (χ3v) is 1.78. The number of hydrogen-bond acceptors (Lipinski definition) is 3. The van der Waals surface area contributed by atoms with Gasteiger partial charge in [-0.15, -0.1) is 0 Å². The molecule has 12 heavy (non-hydrogen) atoms. The lowest BCUT2D eigenvalue weighted by molar-refractivity contribution is 0.362. The number of methoxy groups -OCH3 is 2. The van der Waals surface area contributed by atoms with Crippen molar-refractivity contribution < 1.29 is 14.6 Å². The molecule has 0 amide bonds. The van der Waals surface area contributed by atoms with Crippen LogP contribution < -0.4 is 9.47 Å². The van der Waals surface area contributed by atoms with Gasteiger partial charge in [-0.3, -0.25) is 0 Å². The van der Waals surface area contributed by atoms with E-state index < -0.39 is 0 Å². The average molecular weight is 168 g/mol. The van der Waals surface area contributed by atoms with Crippen LogP contribution in [0.5, 0.6) is 17.2 Å². The summed E-state index contributed by atoms with van der Waals surface area (Å²) in [6.45, 7) is 1.77. The van der Waals surface area contributed by atoms with E-state index in [0.29, 0.717) is 17.1 Å². The quantitative estimate of drug-likeness (QED) is 0.730. The summed E-state index contributed by atoms with van der Waals surface area (Å²) in [6, 6.07) is 3.43. The van der Waals surface area contributed by atoms with Gasteiger partial charge in [-0.1, -0.05) is 0 Å². The van der Waals surface area contributed by atoms with Crippen LogP contribution in [0.15, 0.2) is 12.1 Å². The number of phenolic OH excluding ortho intramolecular Hbond substituents is 1. The van der Waals surface area contributed by atoms with E-state index in [-0.39, 0.29) is 5.75 Å². The lowest BCUT2D eigenvalue weighted by Crippen LogP contribution is -1.90. The molecular formula is C9H12O3. The zero-order valence-corrected chi connectivity index (χ0v) is 7.42. The second kappa shape index (κ2) is 3.34. The van der Waals surface area contributed by atoms with E-state index >= 15 is 0 Å². The second-order valence-corrected chi connectivity index (χ2v) is 2.44. The summed E-state index contributed by atoms with van der Waals surface area (Å²) in [7, 11) is 3.08. The van der Waals surface area contributed by atoms with Crippen molar-refractivity contribution in [2.75, 3.05) is 14.2 Å². The van der Waals surface area contributed by atoms with Crippen molar-refractivity contribution in [2.24, 2.45) is 0 Å². The Bertz CT molecular complexity index is 252. The maximum atomic E-state index is 9.50. The van der Waals surface area contributed by atoms with Gasteiger partial charge >= 0.3 is 0 Å². The first-order valence-corrected chi connectivity index (χ1v) is 3.61. The molecule has 1 rings (SSSR count). The predicted molar refractivity (Wildman–Crippen MR) is 45.9 cm³/mol. The van der Waals surface area contributed by atoms with Crippen molar-refractivity contribution in [1.82, 2.24) is 0 Å². The number of ether oxygens (including phenoxy) is 2. The molecule has 0 heterocycles. The van der Waals surface area contributed by atoms with Crippen molar-refractivity contribution in [1.29, 1.82) is 0 Å². The molecule has 0 radical (unpaired) electrons. The molecule has 0 aliphatic rings. The molecule has 3 nitrogen and oxygen atoms in total. The summed E-state index contributed by atoms with van der Waals surface area (Å²) >= 11 is 0. The first-order valence-electron chi connectivity index (χ1n) is 3.61. The Kier molecular flexibility index (Phi) is 2.43. The summed E-state index contributed by atoms with van der Waals surface area (Å²) in [5.41, 5.74) is 0.692. The van der Waals surface area contributed by atoms with Gasteiger partial charge in [0.2, 0.25) is 0 Å². The van der Waals surface area contributed by atoms with E-state index in [1.54, 1.807) is 26.2 Å². The molecule has 0 atom stereocenters. The predicted octanol–water partition coefficient (Wildman–Crippen LogP) is 1.72. The minimum absolute atomic E-state index is 0.136. The first-order chi connectivity index (χ1) is 5.70. The molecular weight excluding hydrogens is 156 g/mol. The lowest BCUT2D eigenvalue weighted by atomic mass is 10.2. The minimum Gasteiger partial charge on any atom is -0.504 e. The fraction of sp³-hybridized carbons (Fsp3) is 0.333. The molecule has 0 aromatic heterocycles. The van der Waals surface area contributed by atoms with Crippen molar-refractivity contribution in [3.8, 4) is 17.2 Å². The Labute approximate surface area is 71.5 Å². The summed E-state index contributed by atoms with van der Waals surface area (Å²) in [5, 5.41) is 9.50. The highest BCUT2D eigenvalue weighted by Gasteiger charge is 2.08. The highest BCUT2D eigenvalue weighted by molar-refractivity contribution is 5.51. The second-order valence-electron chi connectivity index (χ2n) is 2.44. The first kappa shape index (κ1) is 8.71. The summed E-state index contributed by atoms with van der Waals surface area (Å²) < 4.78 is 9.93. The van der Waals surface area contributed by atoms with Crippen LogP contribution in [0.2, 0.25) is 0 Å². The maximum absolute atomic E-state index is 9.50. The van der Waals surface area contributed by atoms with E-state index in [9.17, 15) is 5.11 Å². The van der Waals surface area contributed by atoms with Crippen LogP contribution in [0, 0.1) is 6.92 Å². The van der Waals surface area contributed by atoms with Gasteiger partial charge in [-0.25, -0.2) is 0 Å². The Morgan fingerprint density at radius 2 is 1.58 bits per heavy atom. The molecule has 1 aromatic rings. The van der Waals surface area contributed by atoms with Gasteiger partial charge in [-0.2, -0.15) is 0 Å². The van der Waals surface area contributed by atoms with Gasteiger partial charge in [0.25, 0.3) is 0 Å². The van der Waals surface area contributed by atoms with Crippen molar-refractivity contribution in [3.63, 3.8) is 0 Å². The van der Waals surface area contributed by atoms with Crippen molar-refractivity contribution >= 4 is 0 Å². The SMILES string of the molecule is COc1ccc(OC)c(O)c1C. The van der Waals surface area contributed by atoms with Crippen LogP contribution in [0.3, 0.4) is 0 Å². The summed E-state index contributed by atoms with van der Waals surface area (Å²) in [6.07, 6.45) is 0. The number of phenols is 1. The third kappa shape index (κ3) is 1.30. The Hall–Kier alpha value is -1.38. The standard InChI is InChI=1S/C9H12O3/c1-6-7(11-2)4-5-8(12-3)9(6)10/h4-5,10H,1-3H3. The monoisotopic (exact) mass is 168 g/mol. The lowest BCUT2D eigenvalue weighted by Gasteiger charge is -2.09. The van der Waals surface area contributed by atoms with Gasteiger partial charge < -0.3 is 14.6 Å². The Morgan fingerprint density at radius 1 is 1.08 bits per heavy atom. The molecule has 1 aromatic carbocycles. The van der Waals surface area contributed by atoms with Crippen LogP contribution in [0.4, 0.5) is 0 Å². The molecule has 1 N–H and O–H groups in total. The van der Waals surface area contributed by atoms with Gasteiger partial charge in [0.1, 0.15) is 5.75 Å². The van der Waals surface area contributed by atoms with Crippen LogP contribution in [-0.4, -0.2) is 19.3 Å². The molecule has 0 unspecified atom stereocenters. The molecule has 0 aliphatic carbocycles. The van der Waals surface area contributed by atoms with Crippen LogP contribution in [0.25, 0.3) is 0 Å². The smallest absolute Gasteiger partial charge is 0.164 e. The highest BCUT2D eigenvalue weighted by atomic mass is 16.5. The van der Waals surface area contributed by atoms with E-state index in [4.69, 9.17) is 9.47 Å². The fourth-order valence-corrected chi connectivity index (χ4v) is 1.04. The number of rotatable bonds is 2. The number of aromatic hydroxyl groups is 1. The molecule has 0 saturated heterocycles. The van der Waals surface area contributed by atoms with Crippen molar-refractivity contribution in [3.05, 3.63) is 17.7 Å². The van der Waals surface area contributed by atoms with E-state index in [1.165, 1.54) is 7.11 Å². The summed E-state index contributed by atoms with van der Waals surface area (Å²) in [5.74, 6) is 1.26. The third-order valence-electron chi connectivity index (χ3n) is 1.78. The maximum Gasteiger partial charge on any atom is 0.164 e. The van der Waals surface area contributed by atoms with E-state index in [2.05, 4.69) is 0 Å². The van der Waals surface area contributed by atoms with E-state index in [0.717, 1.165) is 0 Å².